The van der Waals surface area contributed by atoms with E-state index in [0.29, 0.717) is 5.56 Å². The number of carbonyl (C=O) groups excluding carboxylic acids is 2. The topological polar surface area (TPSA) is 106 Å². The average molecular weight is 579 g/mol. The highest BCUT2D eigenvalue weighted by Gasteiger charge is 2.38. The summed E-state index contributed by atoms with van der Waals surface area (Å²) >= 11 is 5.96. The molecular formula is C26H20ClF5N6O2. The Labute approximate surface area is 228 Å². The highest BCUT2D eigenvalue weighted by atomic mass is 35.5. The van der Waals surface area contributed by atoms with Gasteiger partial charge in [0.15, 0.2) is 5.82 Å². The largest absolute Gasteiger partial charge is 0.418 e. The number of aromatic nitrogens is 3. The van der Waals surface area contributed by atoms with E-state index in [9.17, 15) is 31.5 Å². The van der Waals surface area contributed by atoms with E-state index < -0.39 is 47.1 Å². The summed E-state index contributed by atoms with van der Waals surface area (Å²) < 4.78 is 70.4. The molecule has 0 spiro atoms. The van der Waals surface area contributed by atoms with E-state index in [4.69, 9.17) is 17.3 Å². The van der Waals surface area contributed by atoms with Gasteiger partial charge in [0.2, 0.25) is 0 Å². The first-order valence-corrected chi connectivity index (χ1v) is 12.2. The molecule has 5 rings (SSSR count). The number of nitrogens with two attached hydrogens (primary N) is 1. The van der Waals surface area contributed by atoms with E-state index in [1.54, 1.807) is 6.92 Å². The molecule has 0 unspecified atom stereocenters. The first-order chi connectivity index (χ1) is 18.8. The van der Waals surface area contributed by atoms with Gasteiger partial charge in [-0.1, -0.05) is 23.7 Å². The fraction of sp³-hybridized carbons (Fsp3) is 0.231. The number of halogens is 6. The normalized spacial score (nSPS) is 17.4. The number of hydrogen-bond acceptors (Lipinski definition) is 5. The summed E-state index contributed by atoms with van der Waals surface area (Å²) in [6.45, 7) is 1.12. The highest BCUT2D eigenvalue weighted by molar-refractivity contribution is 6.33. The van der Waals surface area contributed by atoms with Gasteiger partial charge in [-0.05, 0) is 42.8 Å². The smallest absolute Gasteiger partial charge is 0.382 e. The quantitative estimate of drug-likeness (QED) is 0.342. The van der Waals surface area contributed by atoms with Gasteiger partial charge < -0.3 is 16.0 Å². The number of carbonyl (C=O) groups is 2. The SMILES string of the molecule is Cc1ccc(-c2cc(C(F)(F)F)c3c(N)ncnn23)cc1C(=O)N[C@@H]1CN(C(=O)c2ccc(F)cc2Cl)C[C@@H]1F. The molecule has 0 radical (unpaired) electrons. The zero-order valence-corrected chi connectivity index (χ0v) is 21.4. The van der Waals surface area contributed by atoms with E-state index in [1.807, 2.05) is 0 Å². The lowest BCUT2D eigenvalue weighted by Crippen LogP contribution is -2.42. The summed E-state index contributed by atoms with van der Waals surface area (Å²) in [5, 5.41) is 6.35. The van der Waals surface area contributed by atoms with Crippen LogP contribution in [0.1, 0.15) is 31.8 Å². The van der Waals surface area contributed by atoms with E-state index in [1.165, 1.54) is 24.3 Å². The minimum Gasteiger partial charge on any atom is -0.382 e. The van der Waals surface area contributed by atoms with Gasteiger partial charge in [-0.3, -0.25) is 9.59 Å². The molecule has 1 aliphatic heterocycles. The van der Waals surface area contributed by atoms with Crippen LogP contribution in [-0.4, -0.2) is 56.6 Å². The fourth-order valence-electron chi connectivity index (χ4n) is 4.66. The van der Waals surface area contributed by atoms with Gasteiger partial charge >= 0.3 is 6.18 Å². The van der Waals surface area contributed by atoms with Gasteiger partial charge in [0, 0.05) is 17.7 Å². The van der Waals surface area contributed by atoms with Crippen molar-refractivity contribution in [2.75, 3.05) is 18.8 Å². The number of likely N-dealkylation sites (tertiary alicyclic amines) is 1. The van der Waals surface area contributed by atoms with Crippen molar-refractivity contribution in [2.45, 2.75) is 25.3 Å². The lowest BCUT2D eigenvalue weighted by molar-refractivity contribution is -0.136. The molecule has 3 N–H and O–H groups in total. The fourth-order valence-corrected chi connectivity index (χ4v) is 4.91. The summed E-state index contributed by atoms with van der Waals surface area (Å²) in [5.41, 5.74) is 5.05. The second kappa shape index (κ2) is 10.0. The van der Waals surface area contributed by atoms with Gasteiger partial charge in [0.1, 0.15) is 23.8 Å². The third-order valence-electron chi connectivity index (χ3n) is 6.68. The van der Waals surface area contributed by atoms with Crippen LogP contribution >= 0.6 is 11.6 Å². The standard InChI is InChI=1S/C26H20ClF5N6O2/c1-12-2-3-13(21-8-17(26(30,31)32)22-23(33)34-11-35-38(21)22)6-16(12)24(39)36-20-10-37(9-19(20)29)25(40)15-5-4-14(28)7-18(15)27/h2-8,11,19-20H,9-10H2,1H3,(H,36,39)(H2,33,34,35)/t19-,20+/m0/s1. The minimum absolute atomic E-state index is 0.00659. The Hall–Kier alpha value is -4.26. The number of rotatable bonds is 4. The van der Waals surface area contributed by atoms with Gasteiger partial charge in [0.05, 0.1) is 34.4 Å². The maximum Gasteiger partial charge on any atom is 0.418 e. The second-order valence-corrected chi connectivity index (χ2v) is 9.71. The molecule has 0 saturated carbocycles. The Kier molecular flexibility index (Phi) is 6.86. The maximum absolute atomic E-state index is 14.9. The number of nitrogen functional groups attached to an aromatic ring is 1. The molecule has 14 heteroatoms. The van der Waals surface area contributed by atoms with Gasteiger partial charge in [-0.2, -0.15) is 18.3 Å². The monoisotopic (exact) mass is 578 g/mol. The number of alkyl halides is 4. The molecule has 0 bridgehead atoms. The van der Waals surface area contributed by atoms with Crippen molar-refractivity contribution in [3.63, 3.8) is 0 Å². The van der Waals surface area contributed by atoms with Crippen LogP contribution in [0, 0.1) is 12.7 Å². The molecule has 2 amide bonds. The van der Waals surface area contributed by atoms with E-state index in [0.717, 1.165) is 33.9 Å². The van der Waals surface area contributed by atoms with Crippen LogP contribution in [0.2, 0.25) is 5.02 Å². The van der Waals surface area contributed by atoms with Crippen LogP contribution < -0.4 is 11.1 Å². The number of anilines is 1. The Morgan fingerprint density at radius 3 is 2.55 bits per heavy atom. The molecule has 40 heavy (non-hydrogen) atoms. The summed E-state index contributed by atoms with van der Waals surface area (Å²) in [7, 11) is 0. The zero-order valence-electron chi connectivity index (χ0n) is 20.6. The molecule has 3 heterocycles. The Morgan fingerprint density at radius 2 is 1.85 bits per heavy atom. The maximum atomic E-state index is 14.9. The third-order valence-corrected chi connectivity index (χ3v) is 6.99. The van der Waals surface area contributed by atoms with E-state index >= 15 is 0 Å². The number of benzene rings is 2. The Balaban J connectivity index is 1.41. The van der Waals surface area contributed by atoms with Gasteiger partial charge in [-0.25, -0.2) is 18.3 Å². The molecule has 2 aromatic carbocycles. The molecule has 1 fully saturated rings. The Morgan fingerprint density at radius 1 is 1.10 bits per heavy atom. The van der Waals surface area contributed by atoms with Crippen LogP contribution in [-0.2, 0) is 6.18 Å². The first kappa shape index (κ1) is 27.3. The number of fused-ring (bicyclic) bond motifs is 1. The number of nitrogens with zero attached hydrogens (tertiary/aromatic N) is 4. The molecule has 0 aliphatic carbocycles. The number of nitrogens with one attached hydrogen (secondary N) is 1. The van der Waals surface area contributed by atoms with Crippen LogP contribution in [0.25, 0.3) is 16.8 Å². The van der Waals surface area contributed by atoms with Crippen molar-refractivity contribution in [3.05, 3.63) is 81.9 Å². The van der Waals surface area contributed by atoms with Gasteiger partial charge in [0.25, 0.3) is 11.8 Å². The molecule has 1 aliphatic rings. The number of aryl methyl sites for hydroxylation is 1. The average Bonchev–Trinajstić information content (AvgIpc) is 3.46. The van der Waals surface area contributed by atoms with Crippen LogP contribution in [0.3, 0.4) is 0 Å². The van der Waals surface area contributed by atoms with Crippen molar-refractivity contribution < 1.29 is 31.5 Å². The van der Waals surface area contributed by atoms with Crippen molar-refractivity contribution in [1.29, 1.82) is 0 Å². The van der Waals surface area contributed by atoms with Crippen LogP contribution in [0.4, 0.5) is 27.8 Å². The molecule has 208 valence electrons. The minimum atomic E-state index is -4.74. The lowest BCUT2D eigenvalue weighted by atomic mass is 10.0. The summed E-state index contributed by atoms with van der Waals surface area (Å²) in [4.78, 5) is 30.8. The summed E-state index contributed by atoms with van der Waals surface area (Å²) in [6.07, 6.45) is -5.34. The van der Waals surface area contributed by atoms with Crippen molar-refractivity contribution in [1.82, 2.24) is 24.8 Å². The van der Waals surface area contributed by atoms with Crippen molar-refractivity contribution in [3.8, 4) is 11.3 Å². The Bertz CT molecular complexity index is 1660. The van der Waals surface area contributed by atoms with Crippen molar-refractivity contribution >= 4 is 34.7 Å². The second-order valence-electron chi connectivity index (χ2n) is 9.31. The van der Waals surface area contributed by atoms with Crippen molar-refractivity contribution in [2.24, 2.45) is 0 Å². The van der Waals surface area contributed by atoms with Crippen LogP contribution in [0.15, 0.2) is 48.8 Å². The summed E-state index contributed by atoms with van der Waals surface area (Å²) in [6, 6.07) is 7.45. The molecule has 1 saturated heterocycles. The first-order valence-electron chi connectivity index (χ1n) is 11.8. The zero-order chi connectivity index (χ0) is 28.9. The predicted molar refractivity (Wildman–Crippen MR) is 136 cm³/mol. The van der Waals surface area contributed by atoms with E-state index in [2.05, 4.69) is 15.4 Å². The number of amides is 2. The van der Waals surface area contributed by atoms with Crippen LogP contribution in [0.5, 0.6) is 0 Å². The third kappa shape index (κ3) is 4.92. The molecular weight excluding hydrogens is 559 g/mol. The molecule has 2 aromatic heterocycles. The van der Waals surface area contributed by atoms with E-state index in [-0.39, 0.29) is 46.3 Å². The predicted octanol–water partition coefficient (Wildman–Crippen LogP) is 4.69. The molecule has 2 atom stereocenters. The lowest BCUT2D eigenvalue weighted by Gasteiger charge is -2.18. The number of hydrogen-bond donors (Lipinski definition) is 2. The molecule has 8 nitrogen and oxygen atoms in total. The highest BCUT2D eigenvalue weighted by Crippen LogP contribution is 2.39. The summed E-state index contributed by atoms with van der Waals surface area (Å²) in [5.74, 6) is -2.31. The van der Waals surface area contributed by atoms with Gasteiger partial charge in [-0.15, -0.1) is 0 Å². The molecule has 4 aromatic rings.